The first-order valence-corrected chi connectivity index (χ1v) is 12.4. The van der Waals surface area contributed by atoms with Crippen LogP contribution in [-0.2, 0) is 21.2 Å². The van der Waals surface area contributed by atoms with E-state index in [1.54, 1.807) is 50.4 Å². The molecular weight excluding hydrogens is 476 g/mol. The lowest BCUT2D eigenvalue weighted by molar-refractivity contribution is -0.119. The lowest BCUT2D eigenvalue weighted by atomic mass is 10.1. The molecule has 1 N–H and O–H groups in total. The fourth-order valence-corrected chi connectivity index (χ4v) is 5.14. The number of halogens is 1. The maximum Gasteiger partial charge on any atom is 0.268 e. The second-order valence-corrected chi connectivity index (χ2v) is 9.86. The van der Waals surface area contributed by atoms with Crippen molar-refractivity contribution >= 4 is 33.2 Å². The Kier molecular flexibility index (Phi) is 8.41. The molecular formula is C25H27ClN2O5S. The van der Waals surface area contributed by atoms with Gasteiger partial charge in [0.1, 0.15) is 22.9 Å². The number of ether oxygens (including phenoxy) is 2. The molecule has 0 fully saturated rings. The molecule has 0 unspecified atom stereocenters. The molecule has 0 saturated heterocycles. The van der Waals surface area contributed by atoms with Crippen molar-refractivity contribution in [3.05, 3.63) is 82.9 Å². The quantitative estimate of drug-likeness (QED) is 0.448. The van der Waals surface area contributed by atoms with E-state index in [2.05, 4.69) is 5.32 Å². The van der Waals surface area contributed by atoms with Gasteiger partial charge in [-0.25, -0.2) is 8.42 Å². The summed E-state index contributed by atoms with van der Waals surface area (Å²) in [5.74, 6) is 0.520. The van der Waals surface area contributed by atoms with E-state index in [9.17, 15) is 13.2 Å². The molecule has 7 nitrogen and oxygen atoms in total. The number of benzene rings is 3. The van der Waals surface area contributed by atoms with Crippen LogP contribution in [0, 0.1) is 6.92 Å². The summed E-state index contributed by atoms with van der Waals surface area (Å²) in [5, 5.41) is 3.26. The molecule has 0 spiro atoms. The number of hydrogen-bond donors (Lipinski definition) is 1. The Balaban J connectivity index is 1.81. The largest absolute Gasteiger partial charge is 0.497 e. The zero-order valence-corrected chi connectivity index (χ0v) is 20.8. The first-order valence-electron chi connectivity index (χ1n) is 10.6. The SMILES string of the molecule is COc1ccc(CCNC(=O)CN(c2ccc(Cl)cc2)S(=O)(=O)c2cc(C)ccc2OC)cc1. The van der Waals surface area contributed by atoms with Crippen LogP contribution < -0.4 is 19.1 Å². The maximum absolute atomic E-state index is 13.7. The third kappa shape index (κ3) is 6.21. The van der Waals surface area contributed by atoms with Crippen LogP contribution in [0.2, 0.25) is 5.02 Å². The molecule has 0 saturated carbocycles. The average Bonchev–Trinajstić information content (AvgIpc) is 2.83. The van der Waals surface area contributed by atoms with E-state index in [0.29, 0.717) is 23.7 Å². The van der Waals surface area contributed by atoms with Crippen LogP contribution in [0.25, 0.3) is 0 Å². The van der Waals surface area contributed by atoms with Gasteiger partial charge in [-0.3, -0.25) is 9.10 Å². The van der Waals surface area contributed by atoms with Crippen molar-refractivity contribution in [2.45, 2.75) is 18.2 Å². The van der Waals surface area contributed by atoms with Crippen LogP contribution in [0.15, 0.2) is 71.6 Å². The number of amides is 1. The molecule has 0 heterocycles. The predicted molar refractivity (Wildman–Crippen MR) is 133 cm³/mol. The Morgan fingerprint density at radius 2 is 1.65 bits per heavy atom. The summed E-state index contributed by atoms with van der Waals surface area (Å²) in [4.78, 5) is 12.8. The molecule has 3 aromatic rings. The maximum atomic E-state index is 13.7. The van der Waals surface area contributed by atoms with Crippen LogP contribution in [0.5, 0.6) is 11.5 Å². The van der Waals surface area contributed by atoms with Gasteiger partial charge in [0.2, 0.25) is 5.91 Å². The van der Waals surface area contributed by atoms with Gasteiger partial charge in [-0.2, -0.15) is 0 Å². The highest BCUT2D eigenvalue weighted by atomic mass is 35.5. The van der Waals surface area contributed by atoms with Crippen LogP contribution >= 0.6 is 11.6 Å². The summed E-state index contributed by atoms with van der Waals surface area (Å²) in [7, 11) is -1.12. The van der Waals surface area contributed by atoms with E-state index < -0.39 is 22.5 Å². The molecule has 0 bridgehead atoms. The van der Waals surface area contributed by atoms with Crippen LogP contribution in [0.3, 0.4) is 0 Å². The van der Waals surface area contributed by atoms with Gasteiger partial charge in [0, 0.05) is 11.6 Å². The minimum Gasteiger partial charge on any atom is -0.497 e. The predicted octanol–water partition coefficient (Wildman–Crippen LogP) is 4.22. The summed E-state index contributed by atoms with van der Waals surface area (Å²) in [6.45, 7) is 1.74. The van der Waals surface area contributed by atoms with Crippen molar-refractivity contribution < 1.29 is 22.7 Å². The summed E-state index contributed by atoms with van der Waals surface area (Å²) in [6, 6.07) is 18.7. The molecule has 180 valence electrons. The highest BCUT2D eigenvalue weighted by molar-refractivity contribution is 7.93. The van der Waals surface area contributed by atoms with E-state index >= 15 is 0 Å². The number of carbonyl (C=O) groups is 1. The third-order valence-corrected chi connectivity index (χ3v) is 7.23. The molecule has 0 aliphatic heterocycles. The summed E-state index contributed by atoms with van der Waals surface area (Å²) >= 11 is 5.99. The molecule has 0 aliphatic carbocycles. The van der Waals surface area contributed by atoms with E-state index in [1.165, 1.54) is 13.2 Å². The van der Waals surface area contributed by atoms with Gasteiger partial charge in [0.05, 0.1) is 19.9 Å². The van der Waals surface area contributed by atoms with Crippen molar-refractivity contribution in [3.63, 3.8) is 0 Å². The van der Waals surface area contributed by atoms with Crippen molar-refractivity contribution in [1.29, 1.82) is 0 Å². The molecule has 0 atom stereocenters. The standard InChI is InChI=1S/C25H27ClN2O5S/c1-18-4-13-23(33-3)24(16-18)34(30,31)28(21-9-7-20(26)8-10-21)17-25(29)27-15-14-19-5-11-22(32-2)12-6-19/h4-13,16H,14-15,17H2,1-3H3,(H,27,29). The summed E-state index contributed by atoms with van der Waals surface area (Å²) in [5.41, 5.74) is 2.09. The van der Waals surface area contributed by atoms with Crippen LogP contribution in [0.4, 0.5) is 5.69 Å². The number of nitrogens with zero attached hydrogens (tertiary/aromatic N) is 1. The Morgan fingerprint density at radius 3 is 2.26 bits per heavy atom. The summed E-state index contributed by atoms with van der Waals surface area (Å²) in [6.07, 6.45) is 0.592. The number of methoxy groups -OCH3 is 2. The Bertz CT molecular complexity index is 1230. The second-order valence-electron chi connectivity index (χ2n) is 7.59. The Morgan fingerprint density at radius 1 is 0.971 bits per heavy atom. The smallest absolute Gasteiger partial charge is 0.268 e. The molecule has 0 radical (unpaired) electrons. The minimum atomic E-state index is -4.12. The van der Waals surface area contributed by atoms with Gasteiger partial charge in [-0.05, 0) is 73.0 Å². The Labute approximate surface area is 205 Å². The number of sulfonamides is 1. The number of nitrogens with one attached hydrogen (secondary N) is 1. The lowest BCUT2D eigenvalue weighted by Gasteiger charge is -2.25. The van der Waals surface area contributed by atoms with Gasteiger partial charge >= 0.3 is 0 Å². The number of aryl methyl sites for hydroxylation is 1. The van der Waals surface area contributed by atoms with Crippen molar-refractivity contribution in [2.75, 3.05) is 31.6 Å². The third-order valence-electron chi connectivity index (χ3n) is 5.18. The molecule has 9 heteroatoms. The van der Waals surface area contributed by atoms with Gasteiger partial charge in [0.15, 0.2) is 0 Å². The molecule has 34 heavy (non-hydrogen) atoms. The first-order chi connectivity index (χ1) is 16.2. The van der Waals surface area contributed by atoms with Gasteiger partial charge in [-0.1, -0.05) is 29.8 Å². The van der Waals surface area contributed by atoms with Gasteiger partial charge < -0.3 is 14.8 Å². The molecule has 3 rings (SSSR count). The fourth-order valence-electron chi connectivity index (χ4n) is 3.35. The number of carbonyl (C=O) groups excluding carboxylic acids is 1. The number of anilines is 1. The van der Waals surface area contributed by atoms with Crippen molar-refractivity contribution in [2.24, 2.45) is 0 Å². The molecule has 1 amide bonds. The van der Waals surface area contributed by atoms with Crippen molar-refractivity contribution in [1.82, 2.24) is 5.32 Å². The normalized spacial score (nSPS) is 11.1. The highest BCUT2D eigenvalue weighted by Gasteiger charge is 2.30. The topological polar surface area (TPSA) is 84.9 Å². The average molecular weight is 503 g/mol. The van der Waals surface area contributed by atoms with Crippen LogP contribution in [-0.4, -0.2) is 41.6 Å². The van der Waals surface area contributed by atoms with Gasteiger partial charge in [-0.15, -0.1) is 0 Å². The monoisotopic (exact) mass is 502 g/mol. The first kappa shape index (κ1) is 25.4. The zero-order valence-electron chi connectivity index (χ0n) is 19.2. The molecule has 3 aromatic carbocycles. The molecule has 0 aromatic heterocycles. The fraction of sp³-hybridized carbons (Fsp3) is 0.240. The van der Waals surface area contributed by atoms with E-state index in [1.807, 2.05) is 24.3 Å². The Hall–Kier alpha value is -3.23. The van der Waals surface area contributed by atoms with Crippen molar-refractivity contribution in [3.8, 4) is 11.5 Å². The number of rotatable bonds is 10. The van der Waals surface area contributed by atoms with E-state index in [-0.39, 0.29) is 10.6 Å². The van der Waals surface area contributed by atoms with Gasteiger partial charge in [0.25, 0.3) is 10.0 Å². The number of hydrogen-bond acceptors (Lipinski definition) is 5. The highest BCUT2D eigenvalue weighted by Crippen LogP contribution is 2.31. The summed E-state index contributed by atoms with van der Waals surface area (Å²) < 4.78 is 38.8. The minimum absolute atomic E-state index is 0.0176. The second kappa shape index (κ2) is 11.3. The van der Waals surface area contributed by atoms with E-state index in [4.69, 9.17) is 21.1 Å². The molecule has 0 aliphatic rings. The zero-order chi connectivity index (χ0) is 24.7. The van der Waals surface area contributed by atoms with E-state index in [0.717, 1.165) is 21.2 Å². The lowest BCUT2D eigenvalue weighted by Crippen LogP contribution is -2.41. The van der Waals surface area contributed by atoms with Crippen LogP contribution in [0.1, 0.15) is 11.1 Å².